The average Bonchev–Trinajstić information content (AvgIpc) is 3.06. The van der Waals surface area contributed by atoms with Crippen LogP contribution in [0.2, 0.25) is 0 Å². The van der Waals surface area contributed by atoms with E-state index in [0.29, 0.717) is 11.5 Å². The van der Waals surface area contributed by atoms with E-state index in [-0.39, 0.29) is 5.75 Å². The van der Waals surface area contributed by atoms with Gasteiger partial charge in [0.1, 0.15) is 11.3 Å². The predicted octanol–water partition coefficient (Wildman–Crippen LogP) is 6.02. The molecule has 128 valence electrons. The number of aromatic nitrogens is 1. The summed E-state index contributed by atoms with van der Waals surface area (Å²) in [5, 5.41) is 9.91. The first-order valence-electron chi connectivity index (χ1n) is 8.09. The van der Waals surface area contributed by atoms with E-state index >= 15 is 0 Å². The molecule has 1 heterocycles. The number of halogens is 1. The number of aryl methyl sites for hydroxylation is 1. The van der Waals surface area contributed by atoms with E-state index in [1.807, 2.05) is 55.5 Å². The molecule has 26 heavy (non-hydrogen) atoms. The Labute approximate surface area is 159 Å². The van der Waals surface area contributed by atoms with Crippen LogP contribution in [0.1, 0.15) is 11.1 Å². The van der Waals surface area contributed by atoms with Gasteiger partial charge in [-0.05, 0) is 61.0 Å². The second kappa shape index (κ2) is 6.77. The van der Waals surface area contributed by atoms with Gasteiger partial charge in [0.2, 0.25) is 5.89 Å². The molecule has 0 aliphatic heterocycles. The zero-order chi connectivity index (χ0) is 18.1. The molecule has 4 rings (SSSR count). The van der Waals surface area contributed by atoms with Crippen LogP contribution in [-0.2, 0) is 0 Å². The standard InChI is InChI=1S/C21H15BrN2O2/c1-13-5-8-20-18(9-13)24-21(26-20)14-3-2-4-17(11-14)23-12-15-10-16(22)6-7-19(15)25/h2-12,25H,1H3. The van der Waals surface area contributed by atoms with Gasteiger partial charge in [0.25, 0.3) is 0 Å². The van der Waals surface area contributed by atoms with E-state index in [2.05, 4.69) is 25.9 Å². The predicted molar refractivity (Wildman–Crippen MR) is 107 cm³/mol. The van der Waals surface area contributed by atoms with Gasteiger partial charge in [0.05, 0.1) is 5.69 Å². The van der Waals surface area contributed by atoms with Crippen molar-refractivity contribution in [3.63, 3.8) is 0 Å². The first-order valence-corrected chi connectivity index (χ1v) is 8.88. The first kappa shape index (κ1) is 16.5. The van der Waals surface area contributed by atoms with Gasteiger partial charge in [-0.3, -0.25) is 4.99 Å². The van der Waals surface area contributed by atoms with Gasteiger partial charge in [-0.25, -0.2) is 4.98 Å². The Kier molecular flexibility index (Phi) is 4.31. The molecule has 0 saturated carbocycles. The van der Waals surface area contributed by atoms with Gasteiger partial charge >= 0.3 is 0 Å². The summed E-state index contributed by atoms with van der Waals surface area (Å²) >= 11 is 3.39. The molecular formula is C21H15BrN2O2. The first-order chi connectivity index (χ1) is 12.6. The molecule has 0 aliphatic rings. The van der Waals surface area contributed by atoms with Crippen molar-refractivity contribution in [1.82, 2.24) is 4.98 Å². The van der Waals surface area contributed by atoms with Crippen molar-refractivity contribution >= 4 is 38.9 Å². The highest BCUT2D eigenvalue weighted by Crippen LogP contribution is 2.28. The number of rotatable bonds is 3. The van der Waals surface area contributed by atoms with Crippen molar-refractivity contribution in [2.24, 2.45) is 4.99 Å². The number of fused-ring (bicyclic) bond motifs is 1. The normalized spacial score (nSPS) is 11.5. The van der Waals surface area contributed by atoms with Crippen LogP contribution in [0, 0.1) is 6.92 Å². The lowest BCUT2D eigenvalue weighted by molar-refractivity contribution is 0.474. The lowest BCUT2D eigenvalue weighted by Crippen LogP contribution is -1.82. The zero-order valence-corrected chi connectivity index (χ0v) is 15.6. The molecule has 0 spiro atoms. The summed E-state index contributed by atoms with van der Waals surface area (Å²) in [4.78, 5) is 9.02. The summed E-state index contributed by atoms with van der Waals surface area (Å²) < 4.78 is 6.73. The van der Waals surface area contributed by atoms with E-state index in [9.17, 15) is 5.11 Å². The van der Waals surface area contributed by atoms with Gasteiger partial charge < -0.3 is 9.52 Å². The summed E-state index contributed by atoms with van der Waals surface area (Å²) in [5.74, 6) is 0.746. The quantitative estimate of drug-likeness (QED) is 0.423. The smallest absolute Gasteiger partial charge is 0.227 e. The highest BCUT2D eigenvalue weighted by Gasteiger charge is 2.08. The summed E-state index contributed by atoms with van der Waals surface area (Å²) in [5.41, 5.74) is 4.99. The number of nitrogens with zero attached hydrogens (tertiary/aromatic N) is 2. The Balaban J connectivity index is 1.67. The molecular weight excluding hydrogens is 392 g/mol. The third-order valence-electron chi connectivity index (χ3n) is 3.98. The fourth-order valence-corrected chi connectivity index (χ4v) is 3.03. The van der Waals surface area contributed by atoms with Gasteiger partial charge in [-0.2, -0.15) is 0 Å². The number of phenols is 1. The Morgan fingerprint density at radius 3 is 2.85 bits per heavy atom. The van der Waals surface area contributed by atoms with Crippen molar-refractivity contribution in [2.45, 2.75) is 6.92 Å². The van der Waals surface area contributed by atoms with Gasteiger partial charge in [0.15, 0.2) is 5.58 Å². The largest absolute Gasteiger partial charge is 0.507 e. The monoisotopic (exact) mass is 406 g/mol. The topological polar surface area (TPSA) is 58.6 Å². The third kappa shape index (κ3) is 3.39. The second-order valence-corrected chi connectivity index (χ2v) is 6.92. The van der Waals surface area contributed by atoms with E-state index in [1.54, 1.807) is 18.3 Å². The average molecular weight is 407 g/mol. The van der Waals surface area contributed by atoms with Crippen LogP contribution < -0.4 is 0 Å². The van der Waals surface area contributed by atoms with Crippen LogP contribution in [0.4, 0.5) is 5.69 Å². The highest BCUT2D eigenvalue weighted by molar-refractivity contribution is 9.10. The number of aliphatic imine (C=N–C) groups is 1. The van der Waals surface area contributed by atoms with Gasteiger partial charge in [-0.15, -0.1) is 0 Å². The SMILES string of the molecule is Cc1ccc2oc(-c3cccc(N=Cc4cc(Br)ccc4O)c3)nc2c1. The van der Waals surface area contributed by atoms with E-state index in [1.165, 1.54) is 0 Å². The van der Waals surface area contributed by atoms with Crippen LogP contribution >= 0.6 is 15.9 Å². The van der Waals surface area contributed by atoms with Crippen molar-refractivity contribution < 1.29 is 9.52 Å². The Hall–Kier alpha value is -2.92. The summed E-state index contributed by atoms with van der Waals surface area (Å²) in [7, 11) is 0. The molecule has 3 aromatic carbocycles. The lowest BCUT2D eigenvalue weighted by atomic mass is 10.2. The molecule has 0 fully saturated rings. The number of benzene rings is 3. The van der Waals surface area contributed by atoms with E-state index in [4.69, 9.17) is 4.42 Å². The summed E-state index contributed by atoms with van der Waals surface area (Å²) in [6, 6.07) is 18.8. The fraction of sp³-hybridized carbons (Fsp3) is 0.0476. The molecule has 1 N–H and O–H groups in total. The molecule has 0 bridgehead atoms. The molecule has 0 amide bonds. The number of phenolic OH excluding ortho intramolecular Hbond substituents is 1. The Morgan fingerprint density at radius 2 is 1.96 bits per heavy atom. The van der Waals surface area contributed by atoms with E-state index in [0.717, 1.165) is 32.4 Å². The Morgan fingerprint density at radius 1 is 1.08 bits per heavy atom. The van der Waals surface area contributed by atoms with Gasteiger partial charge in [0, 0.05) is 21.8 Å². The second-order valence-electron chi connectivity index (χ2n) is 6.00. The fourth-order valence-electron chi connectivity index (χ4n) is 2.65. The van der Waals surface area contributed by atoms with Crippen molar-refractivity contribution in [3.05, 3.63) is 76.3 Å². The molecule has 4 nitrogen and oxygen atoms in total. The van der Waals surface area contributed by atoms with Crippen molar-refractivity contribution in [3.8, 4) is 17.2 Å². The van der Waals surface area contributed by atoms with Crippen molar-refractivity contribution in [2.75, 3.05) is 0 Å². The highest BCUT2D eigenvalue weighted by atomic mass is 79.9. The summed E-state index contributed by atoms with van der Waals surface area (Å²) in [6.07, 6.45) is 1.63. The maximum Gasteiger partial charge on any atom is 0.227 e. The van der Waals surface area contributed by atoms with Crippen LogP contribution in [0.25, 0.3) is 22.6 Å². The van der Waals surface area contributed by atoms with Crippen LogP contribution in [0.3, 0.4) is 0 Å². The number of aromatic hydroxyl groups is 1. The number of hydrogen-bond acceptors (Lipinski definition) is 4. The van der Waals surface area contributed by atoms with Crippen LogP contribution in [0.15, 0.2) is 74.5 Å². The molecule has 0 atom stereocenters. The molecule has 0 saturated heterocycles. The molecule has 0 radical (unpaired) electrons. The minimum Gasteiger partial charge on any atom is -0.507 e. The van der Waals surface area contributed by atoms with E-state index < -0.39 is 0 Å². The Bertz CT molecular complexity index is 1130. The maximum absolute atomic E-state index is 9.91. The molecule has 0 aliphatic carbocycles. The zero-order valence-electron chi connectivity index (χ0n) is 14.0. The summed E-state index contributed by atoms with van der Waals surface area (Å²) in [6.45, 7) is 2.03. The minimum absolute atomic E-state index is 0.183. The van der Waals surface area contributed by atoms with Crippen LogP contribution in [-0.4, -0.2) is 16.3 Å². The minimum atomic E-state index is 0.183. The molecule has 0 unspecified atom stereocenters. The van der Waals surface area contributed by atoms with Crippen LogP contribution in [0.5, 0.6) is 5.75 Å². The molecule has 5 heteroatoms. The van der Waals surface area contributed by atoms with Gasteiger partial charge in [-0.1, -0.05) is 28.1 Å². The maximum atomic E-state index is 9.91. The number of hydrogen-bond donors (Lipinski definition) is 1. The molecule has 4 aromatic rings. The number of oxazole rings is 1. The third-order valence-corrected chi connectivity index (χ3v) is 4.47. The molecule has 1 aromatic heterocycles. The van der Waals surface area contributed by atoms with Crippen molar-refractivity contribution in [1.29, 1.82) is 0 Å². The lowest BCUT2D eigenvalue weighted by Gasteiger charge is -2.00.